The van der Waals surface area contributed by atoms with E-state index in [0.717, 1.165) is 5.69 Å². The third-order valence-electron chi connectivity index (χ3n) is 2.67. The topological polar surface area (TPSA) is 37.8 Å². The van der Waals surface area contributed by atoms with E-state index in [1.54, 1.807) is 12.4 Å². The maximum Gasteiger partial charge on any atom is 0.171 e. The lowest BCUT2D eigenvalue weighted by Crippen LogP contribution is -1.95. The molecule has 0 radical (unpaired) electrons. The average Bonchev–Trinajstić information content (AvgIpc) is 2.41. The molecule has 88 valence electrons. The molecule has 1 heterocycles. The van der Waals surface area contributed by atoms with Crippen molar-refractivity contribution in [2.45, 2.75) is 0 Å². The maximum absolute atomic E-state index is 5.96. The van der Waals surface area contributed by atoms with Crippen molar-refractivity contribution >= 4 is 33.9 Å². The Hall–Kier alpha value is -2.13. The standard InChI is InChI=1S/C14H10ClN3/c15-13-14(17-8-7-16-13)18-12-6-5-10-3-1-2-4-11(10)9-12/h1-9H,(H,17,18). The van der Waals surface area contributed by atoms with Crippen LogP contribution >= 0.6 is 11.6 Å². The number of anilines is 2. The molecule has 0 aliphatic rings. The minimum Gasteiger partial charge on any atom is -0.338 e. The smallest absolute Gasteiger partial charge is 0.171 e. The molecule has 0 aliphatic heterocycles. The number of fused-ring (bicyclic) bond motifs is 1. The van der Waals surface area contributed by atoms with Crippen molar-refractivity contribution in [3.63, 3.8) is 0 Å². The van der Waals surface area contributed by atoms with Crippen LogP contribution in [0.25, 0.3) is 10.8 Å². The number of halogens is 1. The van der Waals surface area contributed by atoms with Gasteiger partial charge < -0.3 is 5.32 Å². The first-order valence-electron chi connectivity index (χ1n) is 5.55. The summed E-state index contributed by atoms with van der Waals surface area (Å²) in [7, 11) is 0. The van der Waals surface area contributed by atoms with Gasteiger partial charge >= 0.3 is 0 Å². The first kappa shape index (κ1) is 11.0. The Morgan fingerprint density at radius 2 is 1.67 bits per heavy atom. The van der Waals surface area contributed by atoms with Crippen molar-refractivity contribution in [1.29, 1.82) is 0 Å². The fourth-order valence-corrected chi connectivity index (χ4v) is 1.96. The van der Waals surface area contributed by atoms with Crippen molar-refractivity contribution in [2.75, 3.05) is 5.32 Å². The quantitative estimate of drug-likeness (QED) is 0.751. The number of hydrogen-bond donors (Lipinski definition) is 1. The lowest BCUT2D eigenvalue weighted by atomic mass is 10.1. The lowest BCUT2D eigenvalue weighted by Gasteiger charge is -2.07. The second kappa shape index (κ2) is 4.63. The van der Waals surface area contributed by atoms with Gasteiger partial charge in [0.05, 0.1) is 0 Å². The van der Waals surface area contributed by atoms with E-state index < -0.39 is 0 Å². The molecule has 0 atom stereocenters. The highest BCUT2D eigenvalue weighted by Gasteiger charge is 2.02. The molecule has 3 rings (SSSR count). The summed E-state index contributed by atoms with van der Waals surface area (Å²) in [6.45, 7) is 0. The third-order valence-corrected chi connectivity index (χ3v) is 2.94. The van der Waals surface area contributed by atoms with Crippen LogP contribution < -0.4 is 5.32 Å². The van der Waals surface area contributed by atoms with Crippen LogP contribution in [0.3, 0.4) is 0 Å². The molecule has 3 nitrogen and oxygen atoms in total. The monoisotopic (exact) mass is 255 g/mol. The number of benzene rings is 2. The molecule has 0 unspecified atom stereocenters. The van der Waals surface area contributed by atoms with E-state index >= 15 is 0 Å². The summed E-state index contributed by atoms with van der Waals surface area (Å²) in [5.41, 5.74) is 0.941. The number of hydrogen-bond acceptors (Lipinski definition) is 3. The summed E-state index contributed by atoms with van der Waals surface area (Å²) in [5.74, 6) is 0.564. The van der Waals surface area contributed by atoms with Gasteiger partial charge in [-0.2, -0.15) is 0 Å². The Labute approximate surface area is 109 Å². The van der Waals surface area contributed by atoms with E-state index in [2.05, 4.69) is 39.6 Å². The van der Waals surface area contributed by atoms with Crippen LogP contribution in [0, 0.1) is 0 Å². The van der Waals surface area contributed by atoms with Gasteiger partial charge in [0, 0.05) is 18.1 Å². The minimum atomic E-state index is 0.366. The fourth-order valence-electron chi connectivity index (χ4n) is 1.81. The van der Waals surface area contributed by atoms with E-state index in [-0.39, 0.29) is 0 Å². The van der Waals surface area contributed by atoms with E-state index in [1.807, 2.05) is 18.2 Å². The van der Waals surface area contributed by atoms with Gasteiger partial charge in [-0.15, -0.1) is 0 Å². The molecule has 2 aromatic carbocycles. The molecule has 1 N–H and O–H groups in total. The highest BCUT2D eigenvalue weighted by atomic mass is 35.5. The molecule has 1 aromatic heterocycles. The largest absolute Gasteiger partial charge is 0.338 e. The van der Waals surface area contributed by atoms with Crippen molar-refractivity contribution in [3.8, 4) is 0 Å². The van der Waals surface area contributed by atoms with Gasteiger partial charge in [-0.05, 0) is 22.9 Å². The Bertz CT molecular complexity index is 697. The molecular weight excluding hydrogens is 246 g/mol. The summed E-state index contributed by atoms with van der Waals surface area (Å²) in [4.78, 5) is 8.13. The number of rotatable bonds is 2. The Morgan fingerprint density at radius 1 is 0.889 bits per heavy atom. The average molecular weight is 256 g/mol. The van der Waals surface area contributed by atoms with Crippen LogP contribution in [0.15, 0.2) is 54.9 Å². The van der Waals surface area contributed by atoms with E-state index in [9.17, 15) is 0 Å². The molecule has 0 amide bonds. The van der Waals surface area contributed by atoms with E-state index in [0.29, 0.717) is 11.0 Å². The minimum absolute atomic E-state index is 0.366. The summed E-state index contributed by atoms with van der Waals surface area (Å²) < 4.78 is 0. The summed E-state index contributed by atoms with van der Waals surface area (Å²) in [6.07, 6.45) is 3.17. The highest BCUT2D eigenvalue weighted by Crippen LogP contribution is 2.23. The van der Waals surface area contributed by atoms with Gasteiger partial charge in [0.1, 0.15) is 0 Å². The van der Waals surface area contributed by atoms with Crippen molar-refractivity contribution < 1.29 is 0 Å². The molecule has 0 aliphatic carbocycles. The first-order chi connectivity index (χ1) is 8.83. The van der Waals surface area contributed by atoms with Crippen LogP contribution in [0.1, 0.15) is 0 Å². The van der Waals surface area contributed by atoms with Crippen LogP contribution in [0.4, 0.5) is 11.5 Å². The van der Waals surface area contributed by atoms with Crippen molar-refractivity contribution in [2.24, 2.45) is 0 Å². The second-order valence-corrected chi connectivity index (χ2v) is 4.24. The second-order valence-electron chi connectivity index (χ2n) is 3.88. The van der Waals surface area contributed by atoms with Crippen LogP contribution in [-0.4, -0.2) is 9.97 Å². The van der Waals surface area contributed by atoms with Crippen molar-refractivity contribution in [1.82, 2.24) is 9.97 Å². The van der Waals surface area contributed by atoms with Gasteiger partial charge in [-0.3, -0.25) is 0 Å². The van der Waals surface area contributed by atoms with Gasteiger partial charge in [-0.25, -0.2) is 9.97 Å². The Morgan fingerprint density at radius 3 is 2.50 bits per heavy atom. The zero-order chi connectivity index (χ0) is 12.4. The molecule has 4 heteroatoms. The number of aromatic nitrogens is 2. The first-order valence-corrected chi connectivity index (χ1v) is 5.93. The Balaban J connectivity index is 1.98. The van der Waals surface area contributed by atoms with E-state index in [1.165, 1.54) is 10.8 Å². The van der Waals surface area contributed by atoms with Gasteiger partial charge in [0.2, 0.25) is 0 Å². The number of nitrogens with zero attached hydrogens (tertiary/aromatic N) is 2. The summed E-state index contributed by atoms with van der Waals surface area (Å²) in [6, 6.07) is 14.3. The van der Waals surface area contributed by atoms with Crippen LogP contribution in [-0.2, 0) is 0 Å². The lowest BCUT2D eigenvalue weighted by molar-refractivity contribution is 1.20. The molecule has 3 aromatic rings. The highest BCUT2D eigenvalue weighted by molar-refractivity contribution is 6.31. The van der Waals surface area contributed by atoms with Gasteiger partial charge in [-0.1, -0.05) is 41.9 Å². The summed E-state index contributed by atoms with van der Waals surface area (Å²) in [5, 5.41) is 5.90. The molecule has 0 saturated heterocycles. The predicted molar refractivity (Wildman–Crippen MR) is 74.3 cm³/mol. The third kappa shape index (κ3) is 2.13. The van der Waals surface area contributed by atoms with Gasteiger partial charge in [0.25, 0.3) is 0 Å². The summed E-state index contributed by atoms with van der Waals surface area (Å²) >= 11 is 5.96. The normalized spacial score (nSPS) is 10.5. The molecular formula is C14H10ClN3. The molecule has 0 bridgehead atoms. The Kier molecular flexibility index (Phi) is 2.82. The fraction of sp³-hybridized carbons (Fsp3) is 0. The van der Waals surface area contributed by atoms with E-state index in [4.69, 9.17) is 11.6 Å². The van der Waals surface area contributed by atoms with Gasteiger partial charge in [0.15, 0.2) is 11.0 Å². The van der Waals surface area contributed by atoms with Crippen LogP contribution in [0.5, 0.6) is 0 Å². The SMILES string of the molecule is Clc1nccnc1Nc1ccc2ccccc2c1. The molecule has 0 fully saturated rings. The zero-order valence-electron chi connectivity index (χ0n) is 9.47. The predicted octanol–water partition coefficient (Wildman–Crippen LogP) is 4.03. The zero-order valence-corrected chi connectivity index (χ0v) is 10.2. The maximum atomic E-state index is 5.96. The molecule has 18 heavy (non-hydrogen) atoms. The number of nitrogens with one attached hydrogen (secondary N) is 1. The van der Waals surface area contributed by atoms with Crippen molar-refractivity contribution in [3.05, 3.63) is 60.0 Å². The molecule has 0 spiro atoms. The molecule has 0 saturated carbocycles. The van der Waals surface area contributed by atoms with Crippen LogP contribution in [0.2, 0.25) is 5.15 Å².